The van der Waals surface area contributed by atoms with Gasteiger partial charge in [-0.25, -0.2) is 4.79 Å². The minimum Gasteiger partial charge on any atom is -0.465 e. The van der Waals surface area contributed by atoms with Gasteiger partial charge in [0, 0.05) is 9.75 Å². The fraction of sp³-hybridized carbons (Fsp3) is 0.389. The average Bonchev–Trinajstić information content (AvgIpc) is 3.25. The number of rotatable bonds is 6. The van der Waals surface area contributed by atoms with E-state index < -0.39 is 5.97 Å². The first-order chi connectivity index (χ1) is 12.6. The lowest BCUT2D eigenvalue weighted by atomic mass is 9.88. The molecule has 1 atom stereocenters. The number of thiophene rings is 2. The maximum absolute atomic E-state index is 12.2. The third-order valence-electron chi connectivity index (χ3n) is 4.15. The predicted octanol–water partition coefficient (Wildman–Crippen LogP) is 3.71. The molecule has 0 saturated heterocycles. The molecule has 2 aromatic rings. The summed E-state index contributed by atoms with van der Waals surface area (Å²) in [5.41, 5.74) is 1.49. The zero-order chi connectivity index (χ0) is 18.5. The lowest BCUT2D eigenvalue weighted by molar-refractivity contribution is -0.120. The highest BCUT2D eigenvalue weighted by Gasteiger charge is 2.28. The number of oxime groups is 1. The number of ether oxygens (including phenoxy) is 1. The third-order valence-corrected chi connectivity index (χ3v) is 6.12. The Kier molecular flexibility index (Phi) is 6.05. The fourth-order valence-electron chi connectivity index (χ4n) is 2.87. The summed E-state index contributed by atoms with van der Waals surface area (Å²) in [4.78, 5) is 31.5. The molecule has 0 aliphatic heterocycles. The number of hydrogen-bond donors (Lipinski definition) is 1. The molecule has 0 fully saturated rings. The van der Waals surface area contributed by atoms with Crippen molar-refractivity contribution in [2.75, 3.05) is 19.0 Å². The number of carbonyl (C=O) groups excluding carboxylic acids is 2. The van der Waals surface area contributed by atoms with Crippen molar-refractivity contribution in [3.63, 3.8) is 0 Å². The SMILES string of the molecule is COC(=O)c1c(NC(=O)CO/N=C/c2cccs2)sc2c1CCC(C)C2. The summed E-state index contributed by atoms with van der Waals surface area (Å²) < 4.78 is 4.91. The number of fused-ring (bicyclic) bond motifs is 1. The highest BCUT2D eigenvalue weighted by molar-refractivity contribution is 7.17. The van der Waals surface area contributed by atoms with Gasteiger partial charge in [-0.15, -0.1) is 22.7 Å². The van der Waals surface area contributed by atoms with Gasteiger partial charge in [0.1, 0.15) is 5.00 Å². The quantitative estimate of drug-likeness (QED) is 0.462. The van der Waals surface area contributed by atoms with Gasteiger partial charge in [0.25, 0.3) is 5.91 Å². The second-order valence-electron chi connectivity index (χ2n) is 6.12. The lowest BCUT2D eigenvalue weighted by Gasteiger charge is -2.18. The normalized spacial score (nSPS) is 16.3. The summed E-state index contributed by atoms with van der Waals surface area (Å²) in [7, 11) is 1.35. The molecular formula is C18H20N2O4S2. The Morgan fingerprint density at radius 2 is 2.31 bits per heavy atom. The van der Waals surface area contributed by atoms with Crippen molar-refractivity contribution in [2.45, 2.75) is 26.2 Å². The second kappa shape index (κ2) is 8.46. The minimum atomic E-state index is -0.413. The van der Waals surface area contributed by atoms with Crippen LogP contribution in [0.25, 0.3) is 0 Å². The zero-order valence-corrected chi connectivity index (χ0v) is 16.2. The topological polar surface area (TPSA) is 77.0 Å². The molecule has 8 heteroatoms. The molecule has 26 heavy (non-hydrogen) atoms. The lowest BCUT2D eigenvalue weighted by Crippen LogP contribution is -2.19. The number of amides is 1. The Morgan fingerprint density at radius 1 is 1.46 bits per heavy atom. The highest BCUT2D eigenvalue weighted by Crippen LogP contribution is 2.39. The van der Waals surface area contributed by atoms with E-state index in [0.29, 0.717) is 16.5 Å². The minimum absolute atomic E-state index is 0.221. The molecule has 0 aromatic carbocycles. The number of anilines is 1. The van der Waals surface area contributed by atoms with Crippen LogP contribution in [-0.4, -0.2) is 31.8 Å². The van der Waals surface area contributed by atoms with Crippen LogP contribution >= 0.6 is 22.7 Å². The van der Waals surface area contributed by atoms with Gasteiger partial charge in [-0.1, -0.05) is 18.1 Å². The van der Waals surface area contributed by atoms with E-state index in [2.05, 4.69) is 17.4 Å². The van der Waals surface area contributed by atoms with Crippen molar-refractivity contribution in [3.05, 3.63) is 38.4 Å². The largest absolute Gasteiger partial charge is 0.465 e. The molecule has 1 amide bonds. The number of nitrogens with one attached hydrogen (secondary N) is 1. The smallest absolute Gasteiger partial charge is 0.341 e. The molecule has 1 unspecified atom stereocenters. The Balaban J connectivity index is 1.66. The maximum atomic E-state index is 12.2. The Labute approximate surface area is 159 Å². The van der Waals surface area contributed by atoms with Crippen LogP contribution in [0, 0.1) is 5.92 Å². The number of methoxy groups -OCH3 is 1. The number of nitrogens with zero attached hydrogens (tertiary/aromatic N) is 1. The van der Waals surface area contributed by atoms with Crippen molar-refractivity contribution in [3.8, 4) is 0 Å². The first kappa shape index (κ1) is 18.6. The molecule has 0 radical (unpaired) electrons. The maximum Gasteiger partial charge on any atom is 0.341 e. The summed E-state index contributed by atoms with van der Waals surface area (Å²) in [5, 5.41) is 9.02. The van der Waals surface area contributed by atoms with E-state index in [1.54, 1.807) is 6.21 Å². The van der Waals surface area contributed by atoms with E-state index in [9.17, 15) is 9.59 Å². The van der Waals surface area contributed by atoms with E-state index in [0.717, 1.165) is 34.6 Å². The van der Waals surface area contributed by atoms with Crippen LogP contribution in [0.1, 0.15) is 39.0 Å². The number of carbonyl (C=O) groups is 2. The monoisotopic (exact) mass is 392 g/mol. The van der Waals surface area contributed by atoms with E-state index >= 15 is 0 Å². The summed E-state index contributed by atoms with van der Waals surface area (Å²) in [6.45, 7) is 1.97. The highest BCUT2D eigenvalue weighted by atomic mass is 32.1. The molecule has 1 aliphatic carbocycles. The molecule has 2 heterocycles. The zero-order valence-electron chi connectivity index (χ0n) is 14.6. The second-order valence-corrected chi connectivity index (χ2v) is 8.20. The molecular weight excluding hydrogens is 372 g/mol. The molecule has 0 spiro atoms. The van der Waals surface area contributed by atoms with Gasteiger partial charge in [-0.2, -0.15) is 0 Å². The van der Waals surface area contributed by atoms with Crippen molar-refractivity contribution in [1.29, 1.82) is 0 Å². The van der Waals surface area contributed by atoms with E-state index in [1.165, 1.54) is 29.8 Å². The van der Waals surface area contributed by atoms with Gasteiger partial charge in [0.05, 0.1) is 18.9 Å². The van der Waals surface area contributed by atoms with Crippen LogP contribution in [-0.2, 0) is 27.2 Å². The molecule has 0 bridgehead atoms. The van der Waals surface area contributed by atoms with E-state index in [1.807, 2.05) is 17.5 Å². The van der Waals surface area contributed by atoms with Gasteiger partial charge in [0.15, 0.2) is 6.61 Å². The summed E-state index contributed by atoms with van der Waals surface area (Å²) >= 11 is 2.98. The number of esters is 1. The molecule has 138 valence electrons. The molecule has 1 aliphatic rings. The van der Waals surface area contributed by atoms with Gasteiger partial charge >= 0.3 is 5.97 Å². The van der Waals surface area contributed by atoms with Gasteiger partial charge < -0.3 is 14.9 Å². The van der Waals surface area contributed by atoms with Crippen LogP contribution in [0.2, 0.25) is 0 Å². The summed E-state index contributed by atoms with van der Waals surface area (Å²) in [6, 6.07) is 3.81. The molecule has 0 saturated carbocycles. The van der Waals surface area contributed by atoms with E-state index in [-0.39, 0.29) is 12.5 Å². The molecule has 2 aromatic heterocycles. The van der Waals surface area contributed by atoms with Crippen molar-refractivity contribution < 1.29 is 19.2 Å². The molecule has 1 N–H and O–H groups in total. The van der Waals surface area contributed by atoms with Gasteiger partial charge in [-0.3, -0.25) is 4.79 Å². The Hall–Kier alpha value is -2.19. The average molecular weight is 393 g/mol. The summed E-state index contributed by atoms with van der Waals surface area (Å²) in [5.74, 6) is -0.195. The van der Waals surface area contributed by atoms with Crippen LogP contribution < -0.4 is 5.32 Å². The predicted molar refractivity (Wildman–Crippen MR) is 103 cm³/mol. The standard InChI is InChI=1S/C18H20N2O4S2/c1-11-5-6-13-14(8-11)26-17(16(13)18(22)23-2)20-15(21)10-24-19-9-12-4-3-7-25-12/h3-4,7,9,11H,5-6,8,10H2,1-2H3,(H,20,21)/b19-9+. The third kappa shape index (κ3) is 4.31. The molecule has 3 rings (SSSR count). The molecule has 6 nitrogen and oxygen atoms in total. The van der Waals surface area contributed by atoms with Crippen molar-refractivity contribution >= 4 is 45.8 Å². The fourth-order valence-corrected chi connectivity index (χ4v) is 4.86. The number of hydrogen-bond acceptors (Lipinski definition) is 7. The van der Waals surface area contributed by atoms with E-state index in [4.69, 9.17) is 9.57 Å². The van der Waals surface area contributed by atoms with Crippen LogP contribution in [0.3, 0.4) is 0 Å². The van der Waals surface area contributed by atoms with Gasteiger partial charge in [0.2, 0.25) is 0 Å². The summed E-state index contributed by atoms with van der Waals surface area (Å²) in [6.07, 6.45) is 4.33. The van der Waals surface area contributed by atoms with Crippen LogP contribution in [0.5, 0.6) is 0 Å². The Morgan fingerprint density at radius 3 is 3.04 bits per heavy atom. The van der Waals surface area contributed by atoms with Gasteiger partial charge in [-0.05, 0) is 42.2 Å². The Bertz CT molecular complexity index is 812. The first-order valence-electron chi connectivity index (χ1n) is 8.30. The first-order valence-corrected chi connectivity index (χ1v) is 9.99. The van der Waals surface area contributed by atoms with Crippen LogP contribution in [0.4, 0.5) is 5.00 Å². The van der Waals surface area contributed by atoms with Crippen molar-refractivity contribution in [1.82, 2.24) is 0 Å². The van der Waals surface area contributed by atoms with Crippen molar-refractivity contribution in [2.24, 2.45) is 11.1 Å². The van der Waals surface area contributed by atoms with Crippen LogP contribution in [0.15, 0.2) is 22.7 Å².